The van der Waals surface area contributed by atoms with Crippen LogP contribution < -0.4 is 5.32 Å². The number of carbonyl (C=O) groups excluding carboxylic acids is 1. The Hall–Kier alpha value is -3.53. The van der Waals surface area contributed by atoms with Crippen LogP contribution >= 0.6 is 23.2 Å². The first-order valence-electron chi connectivity index (χ1n) is 12.9. The fraction of sp³-hybridized carbons (Fsp3) is 0.182. The van der Waals surface area contributed by atoms with Crippen molar-refractivity contribution in [3.8, 4) is 0 Å². The summed E-state index contributed by atoms with van der Waals surface area (Å²) < 4.78 is 2.30. The standard InChI is InChI=1S/C33H30Cl2N2O/c34-28-16-15-26(31(35)21-28)17-18-36-33(38)20-27(19-24-9-3-1-4-10-24)30-23-37(22-25-11-5-2-6-12-25)32-14-8-7-13-29(30)32/h1-16,21,23,27H,17-20,22H2,(H,36,38). The number of nitrogens with zero attached hydrogens (tertiary/aromatic N) is 1. The molecule has 1 atom stereocenters. The van der Waals surface area contributed by atoms with E-state index in [1.807, 2.05) is 24.3 Å². The van der Waals surface area contributed by atoms with Crippen LogP contribution in [0.3, 0.4) is 0 Å². The van der Waals surface area contributed by atoms with Crippen molar-refractivity contribution in [1.29, 1.82) is 0 Å². The molecule has 192 valence electrons. The number of fused-ring (bicyclic) bond motifs is 1. The molecule has 1 amide bonds. The van der Waals surface area contributed by atoms with Crippen molar-refractivity contribution in [2.75, 3.05) is 6.54 Å². The molecule has 1 heterocycles. The van der Waals surface area contributed by atoms with Crippen molar-refractivity contribution in [2.24, 2.45) is 0 Å². The second-order valence-electron chi connectivity index (χ2n) is 9.64. The predicted octanol–water partition coefficient (Wildman–Crippen LogP) is 8.07. The summed E-state index contributed by atoms with van der Waals surface area (Å²) in [4.78, 5) is 13.2. The summed E-state index contributed by atoms with van der Waals surface area (Å²) in [6.45, 7) is 1.31. The second-order valence-corrected chi connectivity index (χ2v) is 10.5. The van der Waals surface area contributed by atoms with Gasteiger partial charge in [-0.25, -0.2) is 0 Å². The molecule has 0 saturated heterocycles. The van der Waals surface area contributed by atoms with Gasteiger partial charge in [-0.3, -0.25) is 4.79 Å². The average molecular weight is 542 g/mol. The molecule has 4 aromatic carbocycles. The van der Waals surface area contributed by atoms with Gasteiger partial charge in [0.1, 0.15) is 0 Å². The molecule has 1 unspecified atom stereocenters. The van der Waals surface area contributed by atoms with Crippen molar-refractivity contribution in [2.45, 2.75) is 31.7 Å². The molecule has 3 nitrogen and oxygen atoms in total. The highest BCUT2D eigenvalue weighted by Crippen LogP contribution is 2.33. The van der Waals surface area contributed by atoms with Crippen LogP contribution in [0.15, 0.2) is 109 Å². The van der Waals surface area contributed by atoms with Gasteiger partial charge in [-0.15, -0.1) is 0 Å². The minimum atomic E-state index is 0.0379. The summed E-state index contributed by atoms with van der Waals surface area (Å²) in [5, 5.41) is 5.55. The van der Waals surface area contributed by atoms with E-state index < -0.39 is 0 Å². The molecule has 5 rings (SSSR count). The lowest BCUT2D eigenvalue weighted by Gasteiger charge is -2.17. The average Bonchev–Trinajstić information content (AvgIpc) is 3.29. The fourth-order valence-electron chi connectivity index (χ4n) is 5.06. The number of para-hydroxylation sites is 1. The second kappa shape index (κ2) is 12.3. The van der Waals surface area contributed by atoms with Gasteiger partial charge in [-0.2, -0.15) is 0 Å². The summed E-state index contributed by atoms with van der Waals surface area (Å²) in [6, 6.07) is 34.9. The third-order valence-electron chi connectivity index (χ3n) is 6.94. The monoisotopic (exact) mass is 540 g/mol. The van der Waals surface area contributed by atoms with E-state index in [1.165, 1.54) is 27.6 Å². The number of nitrogens with one attached hydrogen (secondary N) is 1. The van der Waals surface area contributed by atoms with Crippen LogP contribution in [0.5, 0.6) is 0 Å². The summed E-state index contributed by atoms with van der Waals surface area (Å²) in [7, 11) is 0. The fourth-order valence-corrected chi connectivity index (χ4v) is 5.56. The maximum absolute atomic E-state index is 13.2. The molecule has 38 heavy (non-hydrogen) atoms. The maximum Gasteiger partial charge on any atom is 0.220 e. The Morgan fingerprint density at radius 2 is 1.50 bits per heavy atom. The Balaban J connectivity index is 1.38. The molecule has 0 aliphatic heterocycles. The van der Waals surface area contributed by atoms with Gasteiger partial charge in [0.25, 0.3) is 0 Å². The number of carbonyl (C=O) groups is 1. The largest absolute Gasteiger partial charge is 0.356 e. The maximum atomic E-state index is 13.2. The molecular formula is C33H30Cl2N2O. The molecule has 1 N–H and O–H groups in total. The first kappa shape index (κ1) is 26.1. The molecule has 0 aliphatic carbocycles. The van der Waals surface area contributed by atoms with Crippen molar-refractivity contribution >= 4 is 40.0 Å². The van der Waals surface area contributed by atoms with Crippen molar-refractivity contribution in [1.82, 2.24) is 9.88 Å². The molecule has 0 radical (unpaired) electrons. The number of aromatic nitrogens is 1. The lowest BCUT2D eigenvalue weighted by atomic mass is 9.88. The summed E-state index contributed by atoms with van der Waals surface area (Å²) in [5.74, 6) is 0.0781. The van der Waals surface area contributed by atoms with Crippen LogP contribution in [-0.4, -0.2) is 17.0 Å². The van der Waals surface area contributed by atoms with Crippen molar-refractivity contribution < 1.29 is 4.79 Å². The normalized spacial score (nSPS) is 11.9. The van der Waals surface area contributed by atoms with Gasteiger partial charge in [0, 0.05) is 46.7 Å². The lowest BCUT2D eigenvalue weighted by molar-refractivity contribution is -0.121. The highest BCUT2D eigenvalue weighted by Gasteiger charge is 2.22. The molecule has 5 heteroatoms. The van der Waals surface area contributed by atoms with Gasteiger partial charge >= 0.3 is 0 Å². The highest BCUT2D eigenvalue weighted by atomic mass is 35.5. The van der Waals surface area contributed by atoms with E-state index in [-0.39, 0.29) is 11.8 Å². The van der Waals surface area contributed by atoms with Gasteiger partial charge in [0.05, 0.1) is 0 Å². The van der Waals surface area contributed by atoms with E-state index in [0.717, 1.165) is 18.5 Å². The quantitative estimate of drug-likeness (QED) is 0.191. The Morgan fingerprint density at radius 3 is 2.24 bits per heavy atom. The molecule has 0 spiro atoms. The number of hydrogen-bond acceptors (Lipinski definition) is 1. The van der Waals surface area contributed by atoms with Crippen LogP contribution in [0.1, 0.15) is 34.6 Å². The minimum absolute atomic E-state index is 0.0379. The van der Waals surface area contributed by atoms with Gasteiger partial charge in [0.15, 0.2) is 0 Å². The van der Waals surface area contributed by atoms with E-state index in [4.69, 9.17) is 23.2 Å². The van der Waals surface area contributed by atoms with Crippen molar-refractivity contribution in [3.63, 3.8) is 0 Å². The molecule has 0 fully saturated rings. The number of halogens is 2. The van der Waals surface area contributed by atoms with Crippen LogP contribution in [0.2, 0.25) is 10.0 Å². The molecule has 5 aromatic rings. The zero-order valence-electron chi connectivity index (χ0n) is 21.1. The van der Waals surface area contributed by atoms with E-state index in [2.05, 4.69) is 88.9 Å². The summed E-state index contributed by atoms with van der Waals surface area (Å²) >= 11 is 12.3. The summed E-state index contributed by atoms with van der Waals surface area (Å²) in [6.07, 6.45) is 4.09. The Labute approximate surface area is 234 Å². The van der Waals surface area contributed by atoms with Crippen LogP contribution in [0, 0.1) is 0 Å². The van der Waals surface area contributed by atoms with Gasteiger partial charge < -0.3 is 9.88 Å². The van der Waals surface area contributed by atoms with E-state index >= 15 is 0 Å². The van der Waals surface area contributed by atoms with E-state index in [9.17, 15) is 4.79 Å². The first-order chi connectivity index (χ1) is 18.6. The van der Waals surface area contributed by atoms with Gasteiger partial charge in [0.2, 0.25) is 5.91 Å². The molecular weight excluding hydrogens is 511 g/mol. The predicted molar refractivity (Wildman–Crippen MR) is 158 cm³/mol. The van der Waals surface area contributed by atoms with Crippen LogP contribution in [0.25, 0.3) is 10.9 Å². The third kappa shape index (κ3) is 6.48. The van der Waals surface area contributed by atoms with Crippen LogP contribution in [0.4, 0.5) is 0 Å². The Bertz CT molecular complexity index is 1510. The lowest BCUT2D eigenvalue weighted by Crippen LogP contribution is -2.27. The Morgan fingerprint density at radius 1 is 0.816 bits per heavy atom. The van der Waals surface area contributed by atoms with Crippen molar-refractivity contribution in [3.05, 3.63) is 142 Å². The van der Waals surface area contributed by atoms with Gasteiger partial charge in [-0.05, 0) is 59.2 Å². The van der Waals surface area contributed by atoms with E-state index in [1.54, 1.807) is 6.07 Å². The number of rotatable bonds is 10. The SMILES string of the molecule is O=C(CC(Cc1ccccc1)c1cn(Cc2ccccc2)c2ccccc12)NCCc1ccc(Cl)cc1Cl. The van der Waals surface area contributed by atoms with E-state index in [0.29, 0.717) is 29.4 Å². The smallest absolute Gasteiger partial charge is 0.220 e. The Kier molecular flexibility index (Phi) is 8.47. The minimum Gasteiger partial charge on any atom is -0.356 e. The van der Waals surface area contributed by atoms with Gasteiger partial charge in [-0.1, -0.05) is 108 Å². The zero-order valence-corrected chi connectivity index (χ0v) is 22.6. The topological polar surface area (TPSA) is 34.0 Å². The number of benzene rings is 4. The molecule has 0 bridgehead atoms. The molecule has 0 aliphatic rings. The van der Waals surface area contributed by atoms with Crippen LogP contribution in [-0.2, 0) is 24.2 Å². The molecule has 1 aromatic heterocycles. The number of amides is 1. The first-order valence-corrected chi connectivity index (χ1v) is 13.7. The third-order valence-corrected chi connectivity index (χ3v) is 7.53. The molecule has 0 saturated carbocycles. The zero-order chi connectivity index (χ0) is 26.3. The highest BCUT2D eigenvalue weighted by molar-refractivity contribution is 6.35. The number of hydrogen-bond donors (Lipinski definition) is 1. The summed E-state index contributed by atoms with van der Waals surface area (Å²) in [5.41, 5.74) is 5.83.